The second-order valence-corrected chi connectivity index (χ2v) is 5.09. The topological polar surface area (TPSA) is 54.4 Å². The lowest BCUT2D eigenvalue weighted by Crippen LogP contribution is -1.96. The predicted octanol–water partition coefficient (Wildman–Crippen LogP) is 4.59. The first-order valence-corrected chi connectivity index (χ1v) is 6.74. The molecule has 2 aromatic carbocycles. The van der Waals surface area contributed by atoms with Crippen molar-refractivity contribution in [1.82, 2.24) is 0 Å². The molecule has 0 heterocycles. The summed E-state index contributed by atoms with van der Waals surface area (Å²) >= 11 is 11.8. The van der Waals surface area contributed by atoms with E-state index < -0.39 is 5.97 Å². The molecule has 21 heavy (non-hydrogen) atoms. The molecule has 0 spiro atoms. The molecule has 0 aliphatic heterocycles. The van der Waals surface area contributed by atoms with Gasteiger partial charge in [0.05, 0.1) is 10.6 Å². The molecule has 0 saturated heterocycles. The Kier molecular flexibility index (Phi) is 4.78. The third-order valence-electron chi connectivity index (χ3n) is 2.78. The van der Waals surface area contributed by atoms with Crippen molar-refractivity contribution >= 4 is 41.0 Å². The first-order valence-electron chi connectivity index (χ1n) is 5.98. The van der Waals surface area contributed by atoms with E-state index >= 15 is 0 Å². The van der Waals surface area contributed by atoms with Gasteiger partial charge in [0.25, 0.3) is 0 Å². The van der Waals surface area contributed by atoms with E-state index in [-0.39, 0.29) is 11.3 Å². The number of carbonyl (C=O) groups is 2. The largest absolute Gasteiger partial charge is 0.478 e. The molecule has 0 aliphatic carbocycles. The molecule has 0 radical (unpaired) electrons. The Hall–Kier alpha value is -2.10. The molecular weight excluding hydrogens is 311 g/mol. The molecule has 0 aliphatic rings. The van der Waals surface area contributed by atoms with Crippen LogP contribution in [0.2, 0.25) is 10.0 Å². The van der Waals surface area contributed by atoms with Crippen LogP contribution in [0.15, 0.2) is 48.5 Å². The van der Waals surface area contributed by atoms with Gasteiger partial charge in [-0.05, 0) is 42.0 Å². The molecule has 106 valence electrons. The van der Waals surface area contributed by atoms with E-state index in [1.807, 2.05) is 0 Å². The van der Waals surface area contributed by atoms with Crippen LogP contribution in [-0.2, 0) is 0 Å². The van der Waals surface area contributed by atoms with Crippen LogP contribution < -0.4 is 0 Å². The van der Waals surface area contributed by atoms with E-state index in [4.69, 9.17) is 28.3 Å². The van der Waals surface area contributed by atoms with E-state index in [0.29, 0.717) is 21.2 Å². The molecule has 0 atom stereocenters. The van der Waals surface area contributed by atoms with Gasteiger partial charge in [0.15, 0.2) is 5.78 Å². The number of hydrogen-bond acceptors (Lipinski definition) is 2. The van der Waals surface area contributed by atoms with Crippen LogP contribution in [0.1, 0.15) is 26.3 Å². The van der Waals surface area contributed by atoms with Crippen LogP contribution in [-0.4, -0.2) is 16.9 Å². The number of hydrogen-bond donors (Lipinski definition) is 1. The number of carboxylic acid groups (broad SMARTS) is 1. The van der Waals surface area contributed by atoms with E-state index in [2.05, 4.69) is 0 Å². The summed E-state index contributed by atoms with van der Waals surface area (Å²) in [5, 5.41) is 9.56. The van der Waals surface area contributed by atoms with Crippen molar-refractivity contribution in [3.63, 3.8) is 0 Å². The van der Waals surface area contributed by atoms with Gasteiger partial charge in [-0.2, -0.15) is 0 Å². The van der Waals surface area contributed by atoms with E-state index in [1.54, 1.807) is 30.3 Å². The van der Waals surface area contributed by atoms with Crippen molar-refractivity contribution in [3.8, 4) is 0 Å². The van der Waals surface area contributed by atoms with Crippen molar-refractivity contribution in [2.75, 3.05) is 0 Å². The first-order chi connectivity index (χ1) is 9.97. The van der Waals surface area contributed by atoms with Crippen LogP contribution in [0.3, 0.4) is 0 Å². The Morgan fingerprint density at radius 3 is 2.29 bits per heavy atom. The van der Waals surface area contributed by atoms with Crippen LogP contribution in [0, 0.1) is 0 Å². The maximum atomic E-state index is 12.0. The minimum absolute atomic E-state index is 0.191. The van der Waals surface area contributed by atoms with Gasteiger partial charge in [0.2, 0.25) is 0 Å². The fourth-order valence-electron chi connectivity index (χ4n) is 1.68. The Balaban J connectivity index is 2.18. The Morgan fingerprint density at radius 2 is 1.67 bits per heavy atom. The number of carbonyl (C=O) groups excluding carboxylic acids is 1. The maximum Gasteiger partial charge on any atom is 0.335 e. The lowest BCUT2D eigenvalue weighted by molar-refractivity contribution is 0.0696. The highest BCUT2D eigenvalue weighted by Crippen LogP contribution is 2.21. The molecule has 0 fully saturated rings. The van der Waals surface area contributed by atoms with Crippen molar-refractivity contribution in [1.29, 1.82) is 0 Å². The monoisotopic (exact) mass is 320 g/mol. The predicted molar refractivity (Wildman–Crippen MR) is 83.2 cm³/mol. The summed E-state index contributed by atoms with van der Waals surface area (Å²) in [6.45, 7) is 0. The highest BCUT2D eigenvalue weighted by atomic mass is 35.5. The van der Waals surface area contributed by atoms with Gasteiger partial charge in [-0.15, -0.1) is 0 Å². The molecule has 1 N–H and O–H groups in total. The smallest absolute Gasteiger partial charge is 0.335 e. The van der Waals surface area contributed by atoms with E-state index in [1.165, 1.54) is 24.3 Å². The third-order valence-corrected chi connectivity index (χ3v) is 3.34. The van der Waals surface area contributed by atoms with Crippen LogP contribution in [0.25, 0.3) is 6.08 Å². The number of halogens is 2. The standard InChI is InChI=1S/C16H10Cl2O3/c17-12-6-7-14(18)13(9-12)15(19)8-3-10-1-4-11(5-2-10)16(20)21/h1-9H,(H,20,21). The summed E-state index contributed by atoms with van der Waals surface area (Å²) in [6.07, 6.45) is 2.96. The molecule has 5 heteroatoms. The molecule has 0 bridgehead atoms. The Morgan fingerprint density at radius 1 is 1.00 bits per heavy atom. The van der Waals surface area contributed by atoms with Crippen LogP contribution >= 0.6 is 23.2 Å². The summed E-state index contributed by atoms with van der Waals surface area (Å²) in [4.78, 5) is 22.8. The number of carboxylic acids is 1. The minimum atomic E-state index is -0.993. The molecule has 0 saturated carbocycles. The summed E-state index contributed by atoms with van der Waals surface area (Å²) in [6, 6.07) is 10.9. The molecule has 0 unspecified atom stereocenters. The molecule has 2 aromatic rings. The van der Waals surface area contributed by atoms with Crippen molar-refractivity contribution < 1.29 is 14.7 Å². The fraction of sp³-hybridized carbons (Fsp3) is 0. The SMILES string of the molecule is O=C(O)c1ccc(C=CC(=O)c2cc(Cl)ccc2Cl)cc1. The molecule has 0 aromatic heterocycles. The maximum absolute atomic E-state index is 12.0. The third kappa shape index (κ3) is 3.94. The number of allylic oxidation sites excluding steroid dienone is 1. The summed E-state index contributed by atoms with van der Waals surface area (Å²) < 4.78 is 0. The molecular formula is C16H10Cl2O3. The van der Waals surface area contributed by atoms with Gasteiger partial charge < -0.3 is 5.11 Å². The highest BCUT2D eigenvalue weighted by Gasteiger charge is 2.08. The molecule has 3 nitrogen and oxygen atoms in total. The van der Waals surface area contributed by atoms with Gasteiger partial charge in [-0.3, -0.25) is 4.79 Å². The number of rotatable bonds is 4. The molecule has 0 amide bonds. The summed E-state index contributed by atoms with van der Waals surface area (Å²) in [7, 11) is 0. The second kappa shape index (κ2) is 6.57. The number of ketones is 1. The zero-order valence-electron chi connectivity index (χ0n) is 10.7. The normalized spacial score (nSPS) is 10.8. The Bertz CT molecular complexity index is 719. The lowest BCUT2D eigenvalue weighted by Gasteiger charge is -2.00. The average molecular weight is 321 g/mol. The van der Waals surface area contributed by atoms with Crippen molar-refractivity contribution in [3.05, 3.63) is 75.3 Å². The first kappa shape index (κ1) is 15.3. The number of aromatic carboxylic acids is 1. The quantitative estimate of drug-likeness (QED) is 0.662. The van der Waals surface area contributed by atoms with E-state index in [9.17, 15) is 9.59 Å². The van der Waals surface area contributed by atoms with Crippen LogP contribution in [0.5, 0.6) is 0 Å². The highest BCUT2D eigenvalue weighted by molar-refractivity contribution is 6.36. The lowest BCUT2D eigenvalue weighted by atomic mass is 10.1. The average Bonchev–Trinajstić information content (AvgIpc) is 2.47. The second-order valence-electron chi connectivity index (χ2n) is 4.25. The van der Waals surface area contributed by atoms with Crippen molar-refractivity contribution in [2.45, 2.75) is 0 Å². The minimum Gasteiger partial charge on any atom is -0.478 e. The molecule has 2 rings (SSSR count). The van der Waals surface area contributed by atoms with Gasteiger partial charge in [-0.25, -0.2) is 4.79 Å². The zero-order chi connectivity index (χ0) is 15.4. The Labute approximate surface area is 131 Å². The summed E-state index contributed by atoms with van der Waals surface area (Å²) in [5.74, 6) is -1.27. The van der Waals surface area contributed by atoms with Crippen molar-refractivity contribution in [2.24, 2.45) is 0 Å². The van der Waals surface area contributed by atoms with Gasteiger partial charge in [0, 0.05) is 10.6 Å². The van der Waals surface area contributed by atoms with Gasteiger partial charge in [0.1, 0.15) is 0 Å². The van der Waals surface area contributed by atoms with Gasteiger partial charge in [-0.1, -0.05) is 41.4 Å². The zero-order valence-corrected chi connectivity index (χ0v) is 12.2. The number of benzene rings is 2. The van der Waals surface area contributed by atoms with Crippen LogP contribution in [0.4, 0.5) is 0 Å². The fourth-order valence-corrected chi connectivity index (χ4v) is 2.07. The van der Waals surface area contributed by atoms with Gasteiger partial charge >= 0.3 is 5.97 Å². The summed E-state index contributed by atoms with van der Waals surface area (Å²) in [5.41, 5.74) is 1.23. The van der Waals surface area contributed by atoms with E-state index in [0.717, 1.165) is 0 Å².